The van der Waals surface area contributed by atoms with Crippen molar-refractivity contribution in [2.75, 3.05) is 26.4 Å². The van der Waals surface area contributed by atoms with Gasteiger partial charge in [-0.3, -0.25) is 23.4 Å². The monoisotopic (exact) mass is 834 g/mol. The third-order valence-electron chi connectivity index (χ3n) is 9.04. The van der Waals surface area contributed by atoms with Crippen LogP contribution < -0.4 is 5.73 Å². The molecular weight excluding hydrogens is 753 g/mol. The average molecular weight is 834 g/mol. The standard InChI is InChI=1S/C47H80NO9P/c1-3-5-7-8-9-10-11-12-13-14-15-16-17-18-21-24-27-30-34-38-46(50)54-42-45(43-56-58(52,53)55-41-40-48)57-47(51)39-35-31-28-25-22-19-20-23-26-29-33-37-44(49)36-32-6-4-2/h9-10,12-13,19-20,25-26,28-29,33,37,45H,3-8,11,14-18,21-24,27,30-32,34-36,38-43,48H2,1-2H3,(H,52,53)/b10-9-,13-12-,20-19-,28-25-,29-26-,37-33+/t45-/m1/s1. The van der Waals surface area contributed by atoms with Crippen molar-refractivity contribution in [3.05, 3.63) is 72.9 Å². The second-order valence-electron chi connectivity index (χ2n) is 14.6. The molecule has 0 amide bonds. The molecule has 332 valence electrons. The van der Waals surface area contributed by atoms with Gasteiger partial charge >= 0.3 is 19.8 Å². The minimum absolute atomic E-state index is 0.0309. The van der Waals surface area contributed by atoms with Gasteiger partial charge < -0.3 is 20.1 Å². The van der Waals surface area contributed by atoms with E-state index in [1.165, 1.54) is 57.8 Å². The summed E-state index contributed by atoms with van der Waals surface area (Å²) >= 11 is 0. The SMILES string of the molecule is CCCCC/C=C\C/C=C\CCCCCCCCCCCC(=O)OC[C@H](COP(=O)(O)OCCN)OC(=O)CCC/C=C\C/C=C\C/C=C\C=C\C(=O)CCCCC. The lowest BCUT2D eigenvalue weighted by atomic mass is 10.1. The van der Waals surface area contributed by atoms with Crippen LogP contribution in [0.25, 0.3) is 0 Å². The van der Waals surface area contributed by atoms with Crippen LogP contribution in [0, 0.1) is 0 Å². The van der Waals surface area contributed by atoms with Gasteiger partial charge in [-0.15, -0.1) is 0 Å². The van der Waals surface area contributed by atoms with Crippen LogP contribution in [-0.2, 0) is 37.5 Å². The third kappa shape index (κ3) is 41.3. The van der Waals surface area contributed by atoms with E-state index in [-0.39, 0.29) is 38.4 Å². The number of allylic oxidation sites excluding steroid dienone is 12. The van der Waals surface area contributed by atoms with Crippen LogP contribution in [0.5, 0.6) is 0 Å². The molecule has 0 aliphatic carbocycles. The predicted molar refractivity (Wildman–Crippen MR) is 238 cm³/mol. The molecule has 0 aliphatic rings. The van der Waals surface area contributed by atoms with Crippen LogP contribution in [0.3, 0.4) is 0 Å². The van der Waals surface area contributed by atoms with Crippen molar-refractivity contribution in [1.29, 1.82) is 0 Å². The molecule has 0 saturated heterocycles. The van der Waals surface area contributed by atoms with Gasteiger partial charge in [-0.25, -0.2) is 4.57 Å². The Hall–Kier alpha value is -2.88. The molecule has 11 heteroatoms. The van der Waals surface area contributed by atoms with Gasteiger partial charge in [0.25, 0.3) is 0 Å². The van der Waals surface area contributed by atoms with Gasteiger partial charge in [-0.05, 0) is 76.7 Å². The molecule has 10 nitrogen and oxygen atoms in total. The fourth-order valence-corrected chi connectivity index (χ4v) is 6.44. The number of unbranched alkanes of at least 4 members (excludes halogenated alkanes) is 15. The van der Waals surface area contributed by atoms with E-state index in [1.54, 1.807) is 12.2 Å². The molecule has 0 radical (unpaired) electrons. The van der Waals surface area contributed by atoms with E-state index in [0.717, 1.165) is 64.2 Å². The molecule has 0 saturated carbocycles. The van der Waals surface area contributed by atoms with Crippen molar-refractivity contribution in [3.8, 4) is 0 Å². The summed E-state index contributed by atoms with van der Waals surface area (Å²) in [5, 5.41) is 0. The van der Waals surface area contributed by atoms with Gasteiger partial charge in [0.1, 0.15) is 6.61 Å². The van der Waals surface area contributed by atoms with Gasteiger partial charge in [0.2, 0.25) is 0 Å². The molecule has 1 unspecified atom stereocenters. The first-order chi connectivity index (χ1) is 28.2. The normalized spacial score (nSPS) is 13.9. The largest absolute Gasteiger partial charge is 0.472 e. The molecule has 0 aliphatic heterocycles. The lowest BCUT2D eigenvalue weighted by Crippen LogP contribution is -2.29. The number of hydrogen-bond donors (Lipinski definition) is 2. The minimum atomic E-state index is -4.41. The van der Waals surface area contributed by atoms with Crippen molar-refractivity contribution >= 4 is 25.5 Å². The molecule has 2 atom stereocenters. The lowest BCUT2D eigenvalue weighted by molar-refractivity contribution is -0.161. The van der Waals surface area contributed by atoms with Gasteiger partial charge in [0, 0.05) is 25.8 Å². The summed E-state index contributed by atoms with van der Waals surface area (Å²) in [4.78, 5) is 46.6. The quantitative estimate of drug-likeness (QED) is 0.0152. The smallest absolute Gasteiger partial charge is 0.462 e. The van der Waals surface area contributed by atoms with E-state index >= 15 is 0 Å². The maximum atomic E-state index is 12.6. The summed E-state index contributed by atoms with van der Waals surface area (Å²) in [6, 6.07) is 0. The zero-order chi connectivity index (χ0) is 42.6. The second-order valence-corrected chi connectivity index (χ2v) is 16.0. The summed E-state index contributed by atoms with van der Waals surface area (Å²) < 4.78 is 32.7. The Morgan fingerprint density at radius 2 is 1.07 bits per heavy atom. The topological polar surface area (TPSA) is 151 Å². The number of rotatable bonds is 41. The van der Waals surface area contributed by atoms with Crippen LogP contribution in [0.15, 0.2) is 72.9 Å². The van der Waals surface area contributed by atoms with Crippen LogP contribution in [0.2, 0.25) is 0 Å². The van der Waals surface area contributed by atoms with Crippen molar-refractivity contribution in [1.82, 2.24) is 0 Å². The average Bonchev–Trinajstić information content (AvgIpc) is 3.20. The van der Waals surface area contributed by atoms with E-state index in [9.17, 15) is 23.8 Å². The summed E-state index contributed by atoms with van der Waals surface area (Å²) in [5.74, 6) is -0.773. The summed E-state index contributed by atoms with van der Waals surface area (Å²) in [6.45, 7) is 3.45. The number of ether oxygens (including phenoxy) is 2. The molecule has 3 N–H and O–H groups in total. The highest BCUT2D eigenvalue weighted by atomic mass is 31.2. The fourth-order valence-electron chi connectivity index (χ4n) is 5.67. The number of carbonyl (C=O) groups is 3. The highest BCUT2D eigenvalue weighted by molar-refractivity contribution is 7.47. The number of nitrogens with two attached hydrogens (primary N) is 1. The summed E-state index contributed by atoms with van der Waals surface area (Å²) in [5.41, 5.74) is 5.34. The van der Waals surface area contributed by atoms with E-state index < -0.39 is 32.5 Å². The molecule has 0 aromatic heterocycles. The van der Waals surface area contributed by atoms with Crippen molar-refractivity contribution in [2.24, 2.45) is 5.73 Å². The van der Waals surface area contributed by atoms with Gasteiger partial charge in [0.15, 0.2) is 11.9 Å². The zero-order valence-electron chi connectivity index (χ0n) is 36.2. The first-order valence-corrected chi connectivity index (χ1v) is 23.9. The molecule has 0 rings (SSSR count). The van der Waals surface area contributed by atoms with E-state index in [4.69, 9.17) is 24.3 Å². The molecular formula is C47H80NO9P. The van der Waals surface area contributed by atoms with E-state index in [2.05, 4.69) is 50.3 Å². The maximum Gasteiger partial charge on any atom is 0.472 e. The first-order valence-electron chi connectivity index (χ1n) is 22.4. The maximum absolute atomic E-state index is 12.6. The van der Waals surface area contributed by atoms with E-state index in [0.29, 0.717) is 25.7 Å². The van der Waals surface area contributed by atoms with Gasteiger partial charge in [0.05, 0.1) is 13.2 Å². The number of esters is 2. The number of ketones is 1. The Bertz CT molecular complexity index is 1240. The Balaban J connectivity index is 4.27. The van der Waals surface area contributed by atoms with Crippen molar-refractivity contribution in [3.63, 3.8) is 0 Å². The summed E-state index contributed by atoms with van der Waals surface area (Å²) in [7, 11) is -4.41. The van der Waals surface area contributed by atoms with Crippen LogP contribution >= 0.6 is 7.82 Å². The van der Waals surface area contributed by atoms with E-state index in [1.807, 2.05) is 24.3 Å². The number of carbonyl (C=O) groups excluding carboxylic acids is 3. The highest BCUT2D eigenvalue weighted by Gasteiger charge is 2.26. The Labute approximate surface area is 352 Å². The van der Waals surface area contributed by atoms with Crippen LogP contribution in [-0.4, -0.2) is 55.1 Å². The Morgan fingerprint density at radius 1 is 0.569 bits per heavy atom. The van der Waals surface area contributed by atoms with Crippen molar-refractivity contribution < 1.29 is 42.4 Å². The molecule has 0 aromatic rings. The van der Waals surface area contributed by atoms with Gasteiger partial charge in [-0.1, -0.05) is 151 Å². The molecule has 0 heterocycles. The first kappa shape index (κ1) is 55.1. The molecule has 0 bridgehead atoms. The summed E-state index contributed by atoms with van der Waals surface area (Å²) in [6.07, 6.45) is 47.7. The Morgan fingerprint density at radius 3 is 1.69 bits per heavy atom. The minimum Gasteiger partial charge on any atom is -0.462 e. The highest BCUT2D eigenvalue weighted by Crippen LogP contribution is 2.43. The fraction of sp³-hybridized carbons (Fsp3) is 0.681. The molecule has 0 spiro atoms. The second kappa shape index (κ2) is 42.3. The Kier molecular flexibility index (Phi) is 40.2. The number of hydrogen-bond acceptors (Lipinski definition) is 9. The van der Waals surface area contributed by atoms with Crippen LogP contribution in [0.4, 0.5) is 0 Å². The van der Waals surface area contributed by atoms with Crippen molar-refractivity contribution in [2.45, 2.75) is 180 Å². The zero-order valence-corrected chi connectivity index (χ0v) is 37.1. The molecule has 0 fully saturated rings. The van der Waals surface area contributed by atoms with Gasteiger partial charge in [-0.2, -0.15) is 0 Å². The molecule has 0 aromatic carbocycles. The predicted octanol–water partition coefficient (Wildman–Crippen LogP) is 12.2. The molecule has 58 heavy (non-hydrogen) atoms. The lowest BCUT2D eigenvalue weighted by Gasteiger charge is -2.19. The number of phosphoric ester groups is 1. The third-order valence-corrected chi connectivity index (χ3v) is 10.0. The van der Waals surface area contributed by atoms with Crippen LogP contribution in [0.1, 0.15) is 174 Å². The number of phosphoric acid groups is 1.